The van der Waals surface area contributed by atoms with Gasteiger partial charge in [0.05, 0.1) is 6.10 Å². The van der Waals surface area contributed by atoms with Crippen molar-refractivity contribution < 1.29 is 4.74 Å². The van der Waals surface area contributed by atoms with Gasteiger partial charge in [0.2, 0.25) is 0 Å². The molecule has 1 aliphatic rings. The Morgan fingerprint density at radius 3 is 1.80 bits per heavy atom. The van der Waals surface area contributed by atoms with Crippen LogP contribution in [0.25, 0.3) is 0 Å². The number of ether oxygens (including phenoxy) is 1. The third kappa shape index (κ3) is 8.54. The molecule has 6 heteroatoms. The fraction of sp³-hybridized carbons (Fsp3) is 0.833. The van der Waals surface area contributed by atoms with Gasteiger partial charge < -0.3 is 4.74 Å². The van der Waals surface area contributed by atoms with E-state index < -0.39 is 27.5 Å². The van der Waals surface area contributed by atoms with Gasteiger partial charge in [0.1, 0.15) is 7.85 Å². The first-order chi connectivity index (χ1) is 13.7. The topological polar surface area (TPSA) is 9.23 Å². The molecule has 1 nitrogen and oxygen atoms in total. The summed E-state index contributed by atoms with van der Waals surface area (Å²) in [6.07, 6.45) is 27.7. The predicted molar refractivity (Wildman–Crippen MR) is 161 cm³/mol. The van der Waals surface area contributed by atoms with E-state index in [9.17, 15) is 0 Å². The van der Waals surface area contributed by atoms with Crippen molar-refractivity contribution in [1.82, 2.24) is 0 Å². The van der Waals surface area contributed by atoms with Crippen molar-refractivity contribution >= 4 is 60.6 Å². The molecule has 0 aromatic heterocycles. The van der Waals surface area contributed by atoms with Crippen LogP contribution in [-0.2, 0) is 4.74 Å². The number of rotatable bonds is 13. The Labute approximate surface area is 192 Å². The molecule has 0 aromatic carbocycles. The number of hydrogen-bond acceptors (Lipinski definition) is 1. The second-order valence-electron chi connectivity index (χ2n) is 10.8. The Balaban J connectivity index is 2.94. The average molecular weight is 490 g/mol. The van der Waals surface area contributed by atoms with Crippen LogP contribution >= 0.6 is 27.5 Å². The molecular weight excluding hydrogens is 439 g/mol. The third-order valence-corrected chi connectivity index (χ3v) is 25.8. The standard InChI is InChI=1S/C24H51BOP4/c1-12-27(6,7)18-22-21(5)24(25)26-23(22)16-17-29(10,14-3)20-30(11,15-4)19-28(8,9)13-2/h21-24H,6,8,10-20H2,1-5,7,9H3. The molecule has 30 heavy (non-hydrogen) atoms. The van der Waals surface area contributed by atoms with Crippen LogP contribution < -0.4 is 0 Å². The summed E-state index contributed by atoms with van der Waals surface area (Å²) in [5.41, 5.74) is 0. The van der Waals surface area contributed by atoms with Gasteiger partial charge in [-0.1, -0.05) is 40.9 Å². The minimum Gasteiger partial charge on any atom is -0.384 e. The molecule has 0 aromatic rings. The highest BCUT2D eigenvalue weighted by atomic mass is 31.2. The van der Waals surface area contributed by atoms with Crippen molar-refractivity contribution in [2.45, 2.75) is 53.1 Å². The fourth-order valence-electron chi connectivity index (χ4n) is 4.65. The van der Waals surface area contributed by atoms with Gasteiger partial charge in [-0.3, -0.25) is 0 Å². The molecule has 1 fully saturated rings. The average Bonchev–Trinajstić information content (AvgIpc) is 2.93. The Morgan fingerprint density at radius 1 is 0.800 bits per heavy atom. The summed E-state index contributed by atoms with van der Waals surface area (Å²) >= 11 is 0. The van der Waals surface area contributed by atoms with Gasteiger partial charge in [-0.2, -0.15) is 0 Å². The van der Waals surface area contributed by atoms with Gasteiger partial charge in [-0.15, -0.1) is 46.4 Å². The highest BCUT2D eigenvalue weighted by Crippen LogP contribution is 2.67. The summed E-state index contributed by atoms with van der Waals surface area (Å²) in [4.78, 5) is 0. The second kappa shape index (κ2) is 11.6. The van der Waals surface area contributed by atoms with Gasteiger partial charge in [0.15, 0.2) is 0 Å². The molecular formula is C24H51BOP4. The van der Waals surface area contributed by atoms with Crippen LogP contribution in [0.4, 0.5) is 0 Å². The van der Waals surface area contributed by atoms with E-state index >= 15 is 0 Å². The van der Waals surface area contributed by atoms with Crippen molar-refractivity contribution in [3.05, 3.63) is 0 Å². The Hall–Kier alpha value is 1.22. The zero-order valence-electron chi connectivity index (χ0n) is 21.3. The first kappa shape index (κ1) is 29.3. The summed E-state index contributed by atoms with van der Waals surface area (Å²) in [7, 11) is 6.35. The zero-order valence-corrected chi connectivity index (χ0v) is 24.9. The molecule has 0 N–H and O–H groups in total. The fourth-order valence-corrected chi connectivity index (χ4v) is 23.4. The molecule has 2 radical (unpaired) electrons. The first-order valence-electron chi connectivity index (χ1n) is 11.8. The molecule has 8 atom stereocenters. The van der Waals surface area contributed by atoms with Gasteiger partial charge in [-0.05, 0) is 80.4 Å². The smallest absolute Gasteiger partial charge is 0.109 e. The Kier molecular flexibility index (Phi) is 11.3. The normalized spacial score (nSPS) is 32.6. The van der Waals surface area contributed by atoms with Crippen molar-refractivity contribution in [3.8, 4) is 0 Å². The molecule has 0 bridgehead atoms. The van der Waals surface area contributed by atoms with Gasteiger partial charge in [0.25, 0.3) is 0 Å². The van der Waals surface area contributed by atoms with E-state index in [2.05, 4.69) is 60.5 Å². The molecule has 0 saturated carbocycles. The van der Waals surface area contributed by atoms with Crippen LogP contribution in [0.2, 0.25) is 0 Å². The van der Waals surface area contributed by atoms with Crippen LogP contribution in [-0.4, -0.2) is 107 Å². The van der Waals surface area contributed by atoms with Crippen molar-refractivity contribution in [3.63, 3.8) is 0 Å². The zero-order chi connectivity index (χ0) is 23.4. The first-order valence-corrected chi connectivity index (χ1v) is 22.5. The molecule has 1 saturated heterocycles. The van der Waals surface area contributed by atoms with E-state index in [4.69, 9.17) is 25.2 Å². The maximum Gasteiger partial charge on any atom is 0.109 e. The molecule has 1 heterocycles. The van der Waals surface area contributed by atoms with E-state index in [-0.39, 0.29) is 12.1 Å². The van der Waals surface area contributed by atoms with E-state index in [0.717, 1.165) is 6.42 Å². The SMILES string of the molecule is [B]C1OC(CCP(=C)(CC)CP(=C)(CC)CP(=C)(C)CC)C(CP(=C)(C)CC)C1C. The summed E-state index contributed by atoms with van der Waals surface area (Å²) in [5.74, 6) is 3.58. The van der Waals surface area contributed by atoms with E-state index in [1.165, 1.54) is 48.8 Å². The Bertz CT molecular complexity index is 743. The van der Waals surface area contributed by atoms with Gasteiger partial charge in [0, 0.05) is 6.00 Å². The third-order valence-electron chi connectivity index (χ3n) is 7.65. The molecule has 176 valence electrons. The second-order valence-corrected chi connectivity index (χ2v) is 28.3. The van der Waals surface area contributed by atoms with E-state index in [0.29, 0.717) is 11.8 Å². The molecule has 0 spiro atoms. The quantitative estimate of drug-likeness (QED) is 0.210. The van der Waals surface area contributed by atoms with E-state index in [1.54, 1.807) is 0 Å². The lowest BCUT2D eigenvalue weighted by Gasteiger charge is -2.37. The molecule has 0 amide bonds. The summed E-state index contributed by atoms with van der Waals surface area (Å²) in [5, 5.41) is 0. The van der Waals surface area contributed by atoms with Crippen LogP contribution in [0.15, 0.2) is 0 Å². The molecule has 1 rings (SSSR count). The van der Waals surface area contributed by atoms with E-state index in [1.807, 2.05) is 0 Å². The van der Waals surface area contributed by atoms with Crippen LogP contribution in [0.3, 0.4) is 0 Å². The lowest BCUT2D eigenvalue weighted by Crippen LogP contribution is -2.25. The number of hydrogen-bond donors (Lipinski definition) is 0. The predicted octanol–water partition coefficient (Wildman–Crippen LogP) is 6.57. The molecule has 1 aliphatic heterocycles. The van der Waals surface area contributed by atoms with Crippen molar-refractivity contribution in [2.24, 2.45) is 11.8 Å². The Morgan fingerprint density at radius 2 is 1.33 bits per heavy atom. The highest BCUT2D eigenvalue weighted by molar-refractivity contribution is 7.95. The molecule has 8 unspecified atom stereocenters. The lowest BCUT2D eigenvalue weighted by atomic mass is 9.81. The summed E-state index contributed by atoms with van der Waals surface area (Å²) < 4.78 is 6.32. The van der Waals surface area contributed by atoms with Gasteiger partial charge in [-0.25, -0.2) is 0 Å². The van der Waals surface area contributed by atoms with Crippen LogP contribution in [0.1, 0.15) is 41.0 Å². The van der Waals surface area contributed by atoms with Crippen molar-refractivity contribution in [1.29, 1.82) is 0 Å². The van der Waals surface area contributed by atoms with Crippen molar-refractivity contribution in [2.75, 3.05) is 62.1 Å². The monoisotopic (exact) mass is 490 g/mol. The van der Waals surface area contributed by atoms with Crippen LogP contribution in [0, 0.1) is 11.8 Å². The minimum absolute atomic E-state index is 0.118. The summed E-state index contributed by atoms with van der Waals surface area (Å²) in [6, 6.07) is -0.118. The maximum absolute atomic E-state index is 6.35. The maximum atomic E-state index is 6.35. The lowest BCUT2D eigenvalue weighted by molar-refractivity contribution is 0.0708. The van der Waals surface area contributed by atoms with Gasteiger partial charge >= 0.3 is 0 Å². The highest BCUT2D eigenvalue weighted by Gasteiger charge is 2.40. The molecule has 0 aliphatic carbocycles. The minimum atomic E-state index is -1.26. The van der Waals surface area contributed by atoms with Crippen LogP contribution in [0.5, 0.6) is 0 Å². The summed E-state index contributed by atoms with van der Waals surface area (Å²) in [6.45, 7) is 11.8. The largest absolute Gasteiger partial charge is 0.384 e.